The Morgan fingerprint density at radius 2 is 1.85 bits per heavy atom. The highest BCUT2D eigenvalue weighted by Gasteiger charge is 2.07. The van der Waals surface area contributed by atoms with Gasteiger partial charge in [-0.3, -0.25) is 0 Å². The second-order valence-corrected chi connectivity index (χ2v) is 4.86. The van der Waals surface area contributed by atoms with E-state index in [-0.39, 0.29) is 0 Å². The molecule has 104 valence electrons. The van der Waals surface area contributed by atoms with E-state index in [0.29, 0.717) is 5.56 Å². The normalized spacial score (nSPS) is 10.3. The third-order valence-corrected chi connectivity index (χ3v) is 3.32. The molecule has 0 saturated carbocycles. The molecular formula is C17H19NO2. The molecule has 20 heavy (non-hydrogen) atoms. The Morgan fingerprint density at radius 1 is 1.15 bits per heavy atom. The number of hydrogen-bond donors (Lipinski definition) is 1. The third-order valence-electron chi connectivity index (χ3n) is 3.32. The van der Waals surface area contributed by atoms with Crippen molar-refractivity contribution >= 4 is 11.7 Å². The molecule has 0 spiro atoms. The van der Waals surface area contributed by atoms with Crippen molar-refractivity contribution in [3.05, 3.63) is 65.2 Å². The highest BCUT2D eigenvalue weighted by molar-refractivity contribution is 5.88. The predicted molar refractivity (Wildman–Crippen MR) is 81.3 cm³/mol. The van der Waals surface area contributed by atoms with E-state index >= 15 is 0 Å². The van der Waals surface area contributed by atoms with Crippen molar-refractivity contribution in [3.63, 3.8) is 0 Å². The molecular weight excluding hydrogens is 250 g/mol. The standard InChI is InChI=1S/C17H19NO2/c1-3-18(12-14-6-4-5-13(2)11-14)16-9-7-15(8-10-16)17(19)20/h4-11H,3,12H2,1-2H3,(H,19,20). The van der Waals surface area contributed by atoms with Crippen LogP contribution in [0.5, 0.6) is 0 Å². The summed E-state index contributed by atoms with van der Waals surface area (Å²) in [7, 11) is 0. The summed E-state index contributed by atoms with van der Waals surface area (Å²) in [6.45, 7) is 5.88. The molecule has 0 aromatic heterocycles. The fourth-order valence-electron chi connectivity index (χ4n) is 2.23. The van der Waals surface area contributed by atoms with Gasteiger partial charge in [0.15, 0.2) is 0 Å². The number of aromatic carboxylic acids is 1. The van der Waals surface area contributed by atoms with Gasteiger partial charge in [-0.2, -0.15) is 0 Å². The summed E-state index contributed by atoms with van der Waals surface area (Å²) in [6.07, 6.45) is 0. The van der Waals surface area contributed by atoms with Crippen molar-refractivity contribution in [2.75, 3.05) is 11.4 Å². The SMILES string of the molecule is CCN(Cc1cccc(C)c1)c1ccc(C(=O)O)cc1. The zero-order valence-electron chi connectivity index (χ0n) is 11.8. The zero-order valence-corrected chi connectivity index (χ0v) is 11.8. The van der Waals surface area contributed by atoms with Gasteiger partial charge in [0.1, 0.15) is 0 Å². The van der Waals surface area contributed by atoms with Gasteiger partial charge in [0.25, 0.3) is 0 Å². The summed E-state index contributed by atoms with van der Waals surface area (Å²) in [4.78, 5) is 13.1. The molecule has 3 nitrogen and oxygen atoms in total. The van der Waals surface area contributed by atoms with Gasteiger partial charge < -0.3 is 10.0 Å². The van der Waals surface area contributed by atoms with Crippen molar-refractivity contribution < 1.29 is 9.90 Å². The van der Waals surface area contributed by atoms with Crippen LogP contribution >= 0.6 is 0 Å². The van der Waals surface area contributed by atoms with Crippen LogP contribution in [0.15, 0.2) is 48.5 Å². The van der Waals surface area contributed by atoms with Gasteiger partial charge in [0.05, 0.1) is 5.56 Å². The second kappa shape index (κ2) is 6.24. The molecule has 0 aliphatic carbocycles. The lowest BCUT2D eigenvalue weighted by molar-refractivity contribution is 0.0697. The Balaban J connectivity index is 2.17. The Bertz CT molecular complexity index is 590. The number of nitrogens with zero attached hydrogens (tertiary/aromatic N) is 1. The van der Waals surface area contributed by atoms with Crippen molar-refractivity contribution in [2.24, 2.45) is 0 Å². The van der Waals surface area contributed by atoms with Crippen molar-refractivity contribution in [1.82, 2.24) is 0 Å². The zero-order chi connectivity index (χ0) is 14.5. The van der Waals surface area contributed by atoms with E-state index < -0.39 is 5.97 Å². The molecule has 3 heteroatoms. The lowest BCUT2D eigenvalue weighted by Gasteiger charge is -2.23. The number of aryl methyl sites for hydroxylation is 1. The van der Waals surface area contributed by atoms with Crippen LogP contribution in [0.4, 0.5) is 5.69 Å². The number of anilines is 1. The molecule has 2 aromatic rings. The van der Waals surface area contributed by atoms with E-state index in [4.69, 9.17) is 5.11 Å². The largest absolute Gasteiger partial charge is 0.478 e. The van der Waals surface area contributed by atoms with E-state index in [2.05, 4.69) is 43.0 Å². The highest BCUT2D eigenvalue weighted by atomic mass is 16.4. The van der Waals surface area contributed by atoms with Crippen LogP contribution in [0.25, 0.3) is 0 Å². The first-order valence-electron chi connectivity index (χ1n) is 6.74. The molecule has 0 unspecified atom stereocenters. The fraction of sp³-hybridized carbons (Fsp3) is 0.235. The number of carboxylic acids is 1. The maximum Gasteiger partial charge on any atom is 0.335 e. The smallest absolute Gasteiger partial charge is 0.335 e. The minimum atomic E-state index is -0.890. The monoisotopic (exact) mass is 269 g/mol. The predicted octanol–water partition coefficient (Wildman–Crippen LogP) is 3.72. The van der Waals surface area contributed by atoms with E-state index in [1.54, 1.807) is 12.1 Å². The Hall–Kier alpha value is -2.29. The fourth-order valence-corrected chi connectivity index (χ4v) is 2.23. The van der Waals surface area contributed by atoms with Gasteiger partial charge >= 0.3 is 5.97 Å². The summed E-state index contributed by atoms with van der Waals surface area (Å²) in [5.41, 5.74) is 3.87. The van der Waals surface area contributed by atoms with Gasteiger partial charge in [-0.05, 0) is 43.7 Å². The second-order valence-electron chi connectivity index (χ2n) is 4.86. The molecule has 2 aromatic carbocycles. The summed E-state index contributed by atoms with van der Waals surface area (Å²) >= 11 is 0. The lowest BCUT2D eigenvalue weighted by atomic mass is 10.1. The Morgan fingerprint density at radius 3 is 2.40 bits per heavy atom. The highest BCUT2D eigenvalue weighted by Crippen LogP contribution is 2.18. The van der Waals surface area contributed by atoms with Crippen molar-refractivity contribution in [2.45, 2.75) is 20.4 Å². The number of carbonyl (C=O) groups is 1. The number of rotatable bonds is 5. The van der Waals surface area contributed by atoms with E-state index in [1.807, 2.05) is 12.1 Å². The van der Waals surface area contributed by atoms with Crippen LogP contribution in [-0.4, -0.2) is 17.6 Å². The van der Waals surface area contributed by atoms with Crippen LogP contribution in [0.2, 0.25) is 0 Å². The summed E-state index contributed by atoms with van der Waals surface area (Å²) in [5.74, 6) is -0.890. The average molecular weight is 269 g/mol. The minimum Gasteiger partial charge on any atom is -0.478 e. The van der Waals surface area contributed by atoms with Gasteiger partial charge in [-0.1, -0.05) is 29.8 Å². The van der Waals surface area contributed by atoms with Crippen molar-refractivity contribution in [3.8, 4) is 0 Å². The first-order chi connectivity index (χ1) is 9.60. The molecule has 0 aliphatic heterocycles. The first-order valence-corrected chi connectivity index (χ1v) is 6.74. The number of hydrogen-bond acceptors (Lipinski definition) is 2. The van der Waals surface area contributed by atoms with Crippen LogP contribution in [0.1, 0.15) is 28.4 Å². The van der Waals surface area contributed by atoms with Crippen LogP contribution in [-0.2, 0) is 6.54 Å². The molecule has 0 atom stereocenters. The molecule has 0 radical (unpaired) electrons. The van der Waals surface area contributed by atoms with Gasteiger partial charge in [0, 0.05) is 18.8 Å². The molecule has 0 amide bonds. The average Bonchev–Trinajstić information content (AvgIpc) is 2.45. The maximum atomic E-state index is 10.9. The van der Waals surface area contributed by atoms with Crippen LogP contribution < -0.4 is 4.90 Å². The molecule has 0 saturated heterocycles. The number of carboxylic acid groups (broad SMARTS) is 1. The van der Waals surface area contributed by atoms with E-state index in [0.717, 1.165) is 18.8 Å². The molecule has 1 N–H and O–H groups in total. The first kappa shape index (κ1) is 14.1. The van der Waals surface area contributed by atoms with E-state index in [9.17, 15) is 4.79 Å². The Labute approximate surface area is 119 Å². The Kier molecular flexibility index (Phi) is 4.41. The molecule has 0 heterocycles. The third kappa shape index (κ3) is 3.38. The summed E-state index contributed by atoms with van der Waals surface area (Å²) in [6, 6.07) is 15.5. The van der Waals surface area contributed by atoms with Crippen LogP contribution in [0, 0.1) is 6.92 Å². The lowest BCUT2D eigenvalue weighted by Crippen LogP contribution is -2.22. The summed E-state index contributed by atoms with van der Waals surface area (Å²) < 4.78 is 0. The quantitative estimate of drug-likeness (QED) is 0.899. The van der Waals surface area contributed by atoms with Crippen LogP contribution in [0.3, 0.4) is 0 Å². The molecule has 2 rings (SSSR count). The maximum absolute atomic E-state index is 10.9. The topological polar surface area (TPSA) is 40.5 Å². The van der Waals surface area contributed by atoms with Gasteiger partial charge in [0.2, 0.25) is 0 Å². The molecule has 0 aliphatic rings. The molecule has 0 bridgehead atoms. The van der Waals surface area contributed by atoms with Crippen molar-refractivity contribution in [1.29, 1.82) is 0 Å². The molecule has 0 fully saturated rings. The number of benzene rings is 2. The van der Waals surface area contributed by atoms with Gasteiger partial charge in [-0.25, -0.2) is 4.79 Å². The summed E-state index contributed by atoms with van der Waals surface area (Å²) in [5, 5.41) is 8.92. The van der Waals surface area contributed by atoms with E-state index in [1.165, 1.54) is 11.1 Å². The van der Waals surface area contributed by atoms with Gasteiger partial charge in [-0.15, -0.1) is 0 Å². The minimum absolute atomic E-state index is 0.320.